The summed E-state index contributed by atoms with van der Waals surface area (Å²) in [4.78, 5) is 25.6. The number of aromatic nitrogens is 1. The van der Waals surface area contributed by atoms with Gasteiger partial charge in [-0.25, -0.2) is 17.6 Å². The molecule has 1 unspecified atom stereocenters. The highest BCUT2D eigenvalue weighted by Gasteiger charge is 2.36. The second-order valence-corrected chi connectivity index (χ2v) is 8.92. The number of benzene rings is 1. The van der Waals surface area contributed by atoms with Crippen molar-refractivity contribution in [1.82, 2.24) is 8.87 Å². The molecule has 0 aliphatic carbocycles. The first-order valence-corrected chi connectivity index (χ1v) is 11.2. The van der Waals surface area contributed by atoms with Crippen LogP contribution in [0.4, 0.5) is 4.39 Å². The van der Waals surface area contributed by atoms with E-state index in [-0.39, 0.29) is 22.7 Å². The number of nitrogens with zero attached hydrogens (tertiary/aromatic N) is 2. The second-order valence-electron chi connectivity index (χ2n) is 7.03. The van der Waals surface area contributed by atoms with E-state index < -0.39 is 33.6 Å². The Morgan fingerprint density at radius 3 is 2.32 bits per heavy atom. The Morgan fingerprint density at radius 1 is 1.26 bits per heavy atom. The molecule has 0 radical (unpaired) electrons. The van der Waals surface area contributed by atoms with E-state index in [4.69, 9.17) is 4.74 Å². The van der Waals surface area contributed by atoms with Crippen LogP contribution in [0.5, 0.6) is 0 Å². The molecule has 9 heteroatoms. The van der Waals surface area contributed by atoms with E-state index in [0.29, 0.717) is 17.8 Å². The van der Waals surface area contributed by atoms with Crippen molar-refractivity contribution in [2.45, 2.75) is 45.2 Å². The van der Waals surface area contributed by atoms with Gasteiger partial charge in [0.05, 0.1) is 18.0 Å². The van der Waals surface area contributed by atoms with E-state index in [1.807, 2.05) is 6.92 Å². The van der Waals surface area contributed by atoms with Crippen LogP contribution < -0.4 is 0 Å². The first-order chi connectivity index (χ1) is 14.5. The molecule has 0 fully saturated rings. The SMILES string of the molecule is C=CCN(C(C)C(=O)c1c(C)c(C(=O)OC)n(CC)c1C)S(=O)(=O)c1ccc(F)cc1. The number of esters is 1. The maximum Gasteiger partial charge on any atom is 0.354 e. The number of carbonyl (C=O) groups excluding carboxylic acids is 2. The Hall–Kier alpha value is -2.78. The normalized spacial score (nSPS) is 12.6. The van der Waals surface area contributed by atoms with Gasteiger partial charge in [-0.1, -0.05) is 6.08 Å². The maximum absolute atomic E-state index is 13.5. The van der Waals surface area contributed by atoms with E-state index >= 15 is 0 Å². The maximum atomic E-state index is 13.5. The molecule has 0 spiro atoms. The molecule has 0 amide bonds. The van der Waals surface area contributed by atoms with Crippen LogP contribution in [0.3, 0.4) is 0 Å². The zero-order valence-corrected chi connectivity index (χ0v) is 19.1. The second kappa shape index (κ2) is 9.57. The first kappa shape index (κ1) is 24.5. The molecule has 0 aliphatic rings. The Labute approximate surface area is 182 Å². The standard InChI is InChI=1S/C22H27FN2O5S/c1-7-13-25(31(28,29)18-11-9-17(23)10-12-18)16(5)21(26)19-14(3)20(22(27)30-6)24(8-2)15(19)4/h7,9-12,16H,1,8,13H2,2-6H3. The summed E-state index contributed by atoms with van der Waals surface area (Å²) in [6.07, 6.45) is 1.38. The number of ketones is 1. The van der Waals surface area contributed by atoms with Crippen molar-refractivity contribution in [2.75, 3.05) is 13.7 Å². The minimum absolute atomic E-state index is 0.122. The summed E-state index contributed by atoms with van der Waals surface area (Å²) in [5.74, 6) is -1.60. The van der Waals surface area contributed by atoms with E-state index in [1.165, 1.54) is 20.1 Å². The van der Waals surface area contributed by atoms with Crippen LogP contribution in [0.15, 0.2) is 41.8 Å². The van der Waals surface area contributed by atoms with Crippen molar-refractivity contribution in [2.24, 2.45) is 0 Å². The molecule has 0 saturated carbocycles. The average molecular weight is 451 g/mol. The average Bonchev–Trinajstić information content (AvgIpc) is 2.99. The van der Waals surface area contributed by atoms with E-state index in [0.717, 1.165) is 28.6 Å². The molecule has 0 aliphatic heterocycles. The highest BCUT2D eigenvalue weighted by molar-refractivity contribution is 7.89. The summed E-state index contributed by atoms with van der Waals surface area (Å²) in [5, 5.41) is 0. The number of carbonyl (C=O) groups is 2. The first-order valence-electron chi connectivity index (χ1n) is 9.73. The molecule has 0 N–H and O–H groups in total. The minimum Gasteiger partial charge on any atom is -0.464 e. The van der Waals surface area contributed by atoms with Gasteiger partial charge in [-0.05, 0) is 57.5 Å². The van der Waals surface area contributed by atoms with Gasteiger partial charge in [0.2, 0.25) is 10.0 Å². The molecule has 1 aromatic carbocycles. The van der Waals surface area contributed by atoms with Crippen LogP contribution in [-0.2, 0) is 21.3 Å². The molecule has 0 bridgehead atoms. The monoisotopic (exact) mass is 450 g/mol. The van der Waals surface area contributed by atoms with Crippen molar-refractivity contribution in [1.29, 1.82) is 0 Å². The van der Waals surface area contributed by atoms with Gasteiger partial charge in [-0.2, -0.15) is 4.31 Å². The summed E-state index contributed by atoms with van der Waals surface area (Å²) in [6, 6.07) is 3.30. The van der Waals surface area contributed by atoms with Crippen LogP contribution in [0, 0.1) is 19.7 Å². The molecule has 7 nitrogen and oxygen atoms in total. The third kappa shape index (κ3) is 4.47. The number of halogens is 1. The third-order valence-electron chi connectivity index (χ3n) is 5.25. The summed E-state index contributed by atoms with van der Waals surface area (Å²) in [6.45, 7) is 10.6. The van der Waals surface area contributed by atoms with Crippen molar-refractivity contribution < 1.29 is 27.1 Å². The summed E-state index contributed by atoms with van der Waals surface area (Å²) in [7, 11) is -2.85. The van der Waals surface area contributed by atoms with Gasteiger partial charge in [0.1, 0.15) is 11.5 Å². The van der Waals surface area contributed by atoms with Gasteiger partial charge < -0.3 is 9.30 Å². The zero-order valence-electron chi connectivity index (χ0n) is 18.3. The van der Waals surface area contributed by atoms with Crippen molar-refractivity contribution >= 4 is 21.8 Å². The number of hydrogen-bond acceptors (Lipinski definition) is 5. The summed E-state index contributed by atoms with van der Waals surface area (Å²) >= 11 is 0. The number of sulfonamides is 1. The number of methoxy groups -OCH3 is 1. The quantitative estimate of drug-likeness (QED) is 0.332. The molecule has 168 valence electrons. The van der Waals surface area contributed by atoms with Gasteiger partial charge in [0.15, 0.2) is 5.78 Å². The van der Waals surface area contributed by atoms with E-state index in [9.17, 15) is 22.4 Å². The fourth-order valence-corrected chi connectivity index (χ4v) is 5.25. The van der Waals surface area contributed by atoms with Crippen LogP contribution in [0.25, 0.3) is 0 Å². The molecule has 1 atom stereocenters. The molecule has 2 rings (SSSR count). The predicted octanol–water partition coefficient (Wildman–Crippen LogP) is 3.50. The topological polar surface area (TPSA) is 85.7 Å². The summed E-state index contributed by atoms with van der Waals surface area (Å²) < 4.78 is 47.2. The lowest BCUT2D eigenvalue weighted by atomic mass is 10.0. The van der Waals surface area contributed by atoms with Crippen molar-refractivity contribution in [3.05, 3.63) is 65.3 Å². The Bertz CT molecular complexity index is 1100. The minimum atomic E-state index is -4.11. The Balaban J connectivity index is 2.57. The Kier molecular flexibility index (Phi) is 7.56. The van der Waals surface area contributed by atoms with Gasteiger partial charge in [0, 0.05) is 24.3 Å². The number of ether oxygens (including phenoxy) is 1. The lowest BCUT2D eigenvalue weighted by Gasteiger charge is -2.26. The van der Waals surface area contributed by atoms with Crippen LogP contribution in [0.2, 0.25) is 0 Å². The van der Waals surface area contributed by atoms with Crippen molar-refractivity contribution in [3.8, 4) is 0 Å². The lowest BCUT2D eigenvalue weighted by molar-refractivity contribution is 0.0587. The summed E-state index contributed by atoms with van der Waals surface area (Å²) in [5.41, 5.74) is 1.52. The molecular weight excluding hydrogens is 423 g/mol. The fraction of sp³-hybridized carbons (Fsp3) is 0.364. The van der Waals surface area contributed by atoms with E-state index in [2.05, 4.69) is 6.58 Å². The van der Waals surface area contributed by atoms with Crippen LogP contribution in [0.1, 0.15) is 46.0 Å². The number of hydrogen-bond donors (Lipinski definition) is 0. The van der Waals surface area contributed by atoms with Gasteiger partial charge in [-0.15, -0.1) is 6.58 Å². The molecule has 31 heavy (non-hydrogen) atoms. The number of Topliss-reactive ketones (excluding diaryl/α,β-unsaturated/α-hetero) is 1. The highest BCUT2D eigenvalue weighted by atomic mass is 32.2. The van der Waals surface area contributed by atoms with Crippen LogP contribution >= 0.6 is 0 Å². The van der Waals surface area contributed by atoms with Gasteiger partial charge in [-0.3, -0.25) is 4.79 Å². The highest BCUT2D eigenvalue weighted by Crippen LogP contribution is 2.27. The molecule has 1 aromatic heterocycles. The lowest BCUT2D eigenvalue weighted by Crippen LogP contribution is -2.43. The van der Waals surface area contributed by atoms with Gasteiger partial charge in [0.25, 0.3) is 0 Å². The largest absolute Gasteiger partial charge is 0.464 e. The Morgan fingerprint density at radius 2 is 1.84 bits per heavy atom. The third-order valence-corrected chi connectivity index (χ3v) is 7.20. The van der Waals surface area contributed by atoms with Crippen molar-refractivity contribution in [3.63, 3.8) is 0 Å². The molecular formula is C22H27FN2O5S. The molecule has 1 heterocycles. The predicted molar refractivity (Wildman–Crippen MR) is 115 cm³/mol. The molecule has 2 aromatic rings. The van der Waals surface area contributed by atoms with Crippen LogP contribution in [-0.4, -0.2) is 48.7 Å². The fourth-order valence-electron chi connectivity index (χ4n) is 3.69. The molecule has 0 saturated heterocycles. The van der Waals surface area contributed by atoms with E-state index in [1.54, 1.807) is 18.4 Å². The van der Waals surface area contributed by atoms with Gasteiger partial charge >= 0.3 is 5.97 Å². The smallest absolute Gasteiger partial charge is 0.354 e. The number of rotatable bonds is 9. The zero-order chi connectivity index (χ0) is 23.5.